The largest absolute Gasteiger partial charge is 0.364 e. The van der Waals surface area contributed by atoms with Crippen LogP contribution >= 0.6 is 11.5 Å². The maximum absolute atomic E-state index is 4.62. The van der Waals surface area contributed by atoms with E-state index in [9.17, 15) is 0 Å². The van der Waals surface area contributed by atoms with Gasteiger partial charge >= 0.3 is 0 Å². The Hall–Kier alpha value is -2.61. The van der Waals surface area contributed by atoms with Crippen molar-refractivity contribution in [3.8, 4) is 0 Å². The van der Waals surface area contributed by atoms with Crippen LogP contribution in [0.2, 0.25) is 0 Å². The van der Waals surface area contributed by atoms with Gasteiger partial charge in [0.05, 0.1) is 0 Å². The van der Waals surface area contributed by atoms with Crippen molar-refractivity contribution in [2.24, 2.45) is 4.99 Å². The van der Waals surface area contributed by atoms with E-state index >= 15 is 0 Å². The fraction of sp³-hybridized carbons (Fsp3) is 0.476. The van der Waals surface area contributed by atoms with E-state index in [-0.39, 0.29) is 0 Å². The van der Waals surface area contributed by atoms with E-state index in [4.69, 9.17) is 0 Å². The Bertz CT molecular complexity index is 842. The minimum absolute atomic E-state index is 0.779. The molecule has 3 heterocycles. The smallest absolute Gasteiger partial charge is 0.205 e. The second kappa shape index (κ2) is 9.26. The molecule has 29 heavy (non-hydrogen) atoms. The minimum atomic E-state index is 0.779. The fourth-order valence-corrected chi connectivity index (χ4v) is 4.45. The molecular weight excluding hydrogens is 382 g/mol. The van der Waals surface area contributed by atoms with Crippen LogP contribution in [0.4, 0.5) is 10.8 Å². The van der Waals surface area contributed by atoms with Gasteiger partial charge in [0.15, 0.2) is 5.96 Å². The summed E-state index contributed by atoms with van der Waals surface area (Å²) in [5.74, 6) is 1.90. The van der Waals surface area contributed by atoms with Gasteiger partial charge in [-0.05, 0) is 17.7 Å². The highest BCUT2D eigenvalue weighted by molar-refractivity contribution is 7.09. The van der Waals surface area contributed by atoms with Crippen LogP contribution in [-0.4, -0.2) is 66.5 Å². The Labute approximate surface area is 176 Å². The van der Waals surface area contributed by atoms with Crippen molar-refractivity contribution in [2.45, 2.75) is 19.9 Å². The van der Waals surface area contributed by atoms with Crippen molar-refractivity contribution >= 4 is 28.3 Å². The summed E-state index contributed by atoms with van der Waals surface area (Å²) in [6.45, 7) is 8.64. The third kappa shape index (κ3) is 4.70. The fourth-order valence-electron chi connectivity index (χ4n) is 3.65. The first kappa shape index (κ1) is 19.7. The van der Waals surface area contributed by atoms with Crippen LogP contribution in [-0.2, 0) is 13.0 Å². The van der Waals surface area contributed by atoms with Gasteiger partial charge in [0.25, 0.3) is 0 Å². The number of hydrogen-bond acceptors (Lipinski definition) is 6. The van der Waals surface area contributed by atoms with Crippen LogP contribution in [0, 0.1) is 0 Å². The molecule has 1 aromatic carbocycles. The first-order chi connectivity index (χ1) is 14.3. The lowest BCUT2D eigenvalue weighted by molar-refractivity contribution is 0.372. The number of aliphatic imine (C=N–C) groups is 1. The number of guanidine groups is 1. The average molecular weight is 412 g/mol. The van der Waals surface area contributed by atoms with E-state index in [0.717, 1.165) is 69.1 Å². The van der Waals surface area contributed by atoms with E-state index in [1.807, 2.05) is 7.05 Å². The van der Waals surface area contributed by atoms with E-state index in [1.165, 1.54) is 22.8 Å². The molecule has 2 aliphatic rings. The summed E-state index contributed by atoms with van der Waals surface area (Å²) in [4.78, 5) is 16.1. The molecule has 2 aliphatic heterocycles. The van der Waals surface area contributed by atoms with Crippen molar-refractivity contribution in [2.75, 3.05) is 56.1 Å². The summed E-state index contributed by atoms with van der Waals surface area (Å²) >= 11 is 1.51. The normalized spacial score (nSPS) is 17.3. The Kier molecular flexibility index (Phi) is 6.29. The molecule has 0 radical (unpaired) electrons. The Balaban J connectivity index is 1.27. The summed E-state index contributed by atoms with van der Waals surface area (Å²) in [6, 6.07) is 8.82. The molecule has 0 spiro atoms. The number of aryl methyl sites for hydroxylation is 1. The molecular formula is C21H29N7S. The second-order valence-corrected chi connectivity index (χ2v) is 7.99. The maximum atomic E-state index is 4.62. The van der Waals surface area contributed by atoms with Gasteiger partial charge in [-0.3, -0.25) is 4.99 Å². The molecule has 8 heteroatoms. The molecule has 0 saturated carbocycles. The summed E-state index contributed by atoms with van der Waals surface area (Å²) in [5, 5.41) is 4.56. The molecule has 0 bridgehead atoms. The number of nitrogens with one attached hydrogen (secondary N) is 1. The SMILES string of the molecule is CCc1nsc(N2CCN(C(=NC)NCc3ccc(N4CC=CC4)cc3)CC2)n1. The zero-order valence-corrected chi connectivity index (χ0v) is 18.0. The standard InChI is InChI=1S/C21H29N7S/c1-3-19-24-21(29-25-19)28-14-12-27(13-15-28)20(22-2)23-16-17-6-8-18(9-7-17)26-10-4-5-11-26/h4-9H,3,10-16H2,1-2H3,(H,22,23). The molecule has 1 fully saturated rings. The van der Waals surface area contributed by atoms with Crippen molar-refractivity contribution in [3.05, 3.63) is 47.8 Å². The molecule has 154 valence electrons. The zero-order valence-electron chi connectivity index (χ0n) is 17.2. The van der Waals surface area contributed by atoms with Gasteiger partial charge in [-0.2, -0.15) is 4.37 Å². The molecule has 4 rings (SSSR count). The summed E-state index contributed by atoms with van der Waals surface area (Å²) in [5.41, 5.74) is 2.55. The van der Waals surface area contributed by atoms with Crippen LogP contribution in [0.15, 0.2) is 41.4 Å². The predicted octanol–water partition coefficient (Wildman–Crippen LogP) is 2.37. The van der Waals surface area contributed by atoms with Crippen molar-refractivity contribution in [1.29, 1.82) is 0 Å². The van der Waals surface area contributed by atoms with Gasteiger partial charge in [-0.25, -0.2) is 4.98 Å². The number of benzene rings is 1. The van der Waals surface area contributed by atoms with E-state index < -0.39 is 0 Å². The number of anilines is 2. The molecule has 2 aromatic rings. The number of hydrogen-bond donors (Lipinski definition) is 1. The molecule has 0 amide bonds. The lowest BCUT2D eigenvalue weighted by Crippen LogP contribution is -2.52. The van der Waals surface area contributed by atoms with Gasteiger partial charge in [0.1, 0.15) is 5.82 Å². The lowest BCUT2D eigenvalue weighted by Gasteiger charge is -2.36. The first-order valence-electron chi connectivity index (χ1n) is 10.3. The highest BCUT2D eigenvalue weighted by atomic mass is 32.1. The third-order valence-electron chi connectivity index (χ3n) is 5.41. The molecule has 1 saturated heterocycles. The molecule has 0 aliphatic carbocycles. The van der Waals surface area contributed by atoms with Crippen molar-refractivity contribution in [1.82, 2.24) is 19.6 Å². The Morgan fingerprint density at radius 3 is 2.41 bits per heavy atom. The summed E-state index contributed by atoms with van der Waals surface area (Å²) in [7, 11) is 1.86. The number of rotatable bonds is 5. The van der Waals surface area contributed by atoms with Gasteiger partial charge < -0.3 is 20.0 Å². The monoisotopic (exact) mass is 411 g/mol. The molecule has 0 atom stereocenters. The molecule has 0 unspecified atom stereocenters. The van der Waals surface area contributed by atoms with Crippen molar-refractivity contribution in [3.63, 3.8) is 0 Å². The van der Waals surface area contributed by atoms with Crippen LogP contribution < -0.4 is 15.1 Å². The molecule has 1 aromatic heterocycles. The van der Waals surface area contributed by atoms with Gasteiger partial charge in [0, 0.05) is 76.5 Å². The average Bonchev–Trinajstić information content (AvgIpc) is 3.47. The quantitative estimate of drug-likeness (QED) is 0.463. The van der Waals surface area contributed by atoms with Crippen LogP contribution in [0.1, 0.15) is 18.3 Å². The predicted molar refractivity (Wildman–Crippen MR) is 121 cm³/mol. The van der Waals surface area contributed by atoms with Crippen LogP contribution in [0.3, 0.4) is 0 Å². The summed E-state index contributed by atoms with van der Waals surface area (Å²) in [6.07, 6.45) is 5.32. The highest BCUT2D eigenvalue weighted by Crippen LogP contribution is 2.20. The van der Waals surface area contributed by atoms with E-state index in [0.29, 0.717) is 0 Å². The zero-order chi connectivity index (χ0) is 20.1. The third-order valence-corrected chi connectivity index (χ3v) is 6.22. The Morgan fingerprint density at radius 1 is 1.07 bits per heavy atom. The van der Waals surface area contributed by atoms with Gasteiger partial charge in [0.2, 0.25) is 5.13 Å². The lowest BCUT2D eigenvalue weighted by atomic mass is 10.2. The number of piperazine rings is 1. The second-order valence-electron chi connectivity index (χ2n) is 7.26. The van der Waals surface area contributed by atoms with E-state index in [2.05, 4.69) is 77.7 Å². The maximum Gasteiger partial charge on any atom is 0.205 e. The highest BCUT2D eigenvalue weighted by Gasteiger charge is 2.22. The topological polar surface area (TPSA) is 59.9 Å². The minimum Gasteiger partial charge on any atom is -0.364 e. The molecule has 7 nitrogen and oxygen atoms in total. The number of aromatic nitrogens is 2. The van der Waals surface area contributed by atoms with Crippen LogP contribution in [0.5, 0.6) is 0 Å². The summed E-state index contributed by atoms with van der Waals surface area (Å²) < 4.78 is 4.41. The van der Waals surface area contributed by atoms with Gasteiger partial charge in [-0.1, -0.05) is 31.2 Å². The van der Waals surface area contributed by atoms with E-state index in [1.54, 1.807) is 0 Å². The molecule has 1 N–H and O–H groups in total. The van der Waals surface area contributed by atoms with Crippen molar-refractivity contribution < 1.29 is 0 Å². The van der Waals surface area contributed by atoms with Gasteiger partial charge in [-0.15, -0.1) is 0 Å². The number of nitrogens with zero attached hydrogens (tertiary/aromatic N) is 6. The van der Waals surface area contributed by atoms with Crippen LogP contribution in [0.25, 0.3) is 0 Å². The Morgan fingerprint density at radius 2 is 1.79 bits per heavy atom. The first-order valence-corrected chi connectivity index (χ1v) is 11.1.